The van der Waals surface area contributed by atoms with Crippen molar-refractivity contribution in [1.29, 1.82) is 0 Å². The lowest BCUT2D eigenvalue weighted by atomic mass is 10.1. The summed E-state index contributed by atoms with van der Waals surface area (Å²) in [5.41, 5.74) is 1.46. The molecule has 0 saturated heterocycles. The maximum Gasteiger partial charge on any atom is 0.305 e. The molecule has 1 heterocycles. The van der Waals surface area contributed by atoms with E-state index >= 15 is 0 Å². The summed E-state index contributed by atoms with van der Waals surface area (Å²) in [7, 11) is 1.32. The quantitative estimate of drug-likeness (QED) is 0.648. The molecule has 1 N–H and O–H groups in total. The van der Waals surface area contributed by atoms with Gasteiger partial charge >= 0.3 is 5.97 Å². The van der Waals surface area contributed by atoms with Crippen LogP contribution in [0.1, 0.15) is 23.3 Å². The zero-order chi connectivity index (χ0) is 12.3. The largest absolute Gasteiger partial charge is 0.469 e. The number of methoxy groups -OCH3 is 1. The molecule has 0 saturated carbocycles. The first-order valence-electron chi connectivity index (χ1n) is 5.38. The Balaban J connectivity index is 2.11. The highest BCUT2D eigenvalue weighted by Crippen LogP contribution is 2.16. The number of hydrogen-bond acceptors (Lipinski definition) is 3. The van der Waals surface area contributed by atoms with E-state index in [9.17, 15) is 9.59 Å². The van der Waals surface area contributed by atoms with Crippen LogP contribution in [-0.2, 0) is 9.53 Å². The molecule has 0 spiro atoms. The second kappa shape index (κ2) is 4.82. The van der Waals surface area contributed by atoms with Gasteiger partial charge in [0, 0.05) is 17.3 Å². The van der Waals surface area contributed by atoms with Gasteiger partial charge in [-0.25, -0.2) is 0 Å². The van der Waals surface area contributed by atoms with Crippen molar-refractivity contribution in [3.05, 3.63) is 36.0 Å². The first kappa shape index (κ1) is 11.4. The van der Waals surface area contributed by atoms with Gasteiger partial charge in [0.15, 0.2) is 5.78 Å². The second-order valence-electron chi connectivity index (χ2n) is 3.77. The zero-order valence-electron chi connectivity index (χ0n) is 9.53. The lowest BCUT2D eigenvalue weighted by molar-refractivity contribution is -0.140. The van der Waals surface area contributed by atoms with Crippen molar-refractivity contribution in [2.45, 2.75) is 12.8 Å². The number of esters is 1. The molecule has 0 amide bonds. The van der Waals surface area contributed by atoms with Gasteiger partial charge in [0.1, 0.15) is 0 Å². The number of Topliss-reactive ketones (excluding diaryl/α,β-unsaturated/α-hetero) is 1. The Labute approximate surface area is 98.6 Å². The topological polar surface area (TPSA) is 59.2 Å². The molecule has 4 nitrogen and oxygen atoms in total. The van der Waals surface area contributed by atoms with Crippen LogP contribution in [0.25, 0.3) is 10.9 Å². The highest BCUT2D eigenvalue weighted by molar-refractivity contribution is 6.00. The molecule has 0 atom stereocenters. The zero-order valence-corrected chi connectivity index (χ0v) is 9.53. The third-order valence-electron chi connectivity index (χ3n) is 2.61. The molecule has 0 radical (unpaired) electrons. The Bertz CT molecular complexity index is 524. The molecule has 0 aliphatic carbocycles. The van der Waals surface area contributed by atoms with E-state index in [1.54, 1.807) is 6.07 Å². The van der Waals surface area contributed by atoms with Crippen LogP contribution in [0.15, 0.2) is 30.3 Å². The number of fused-ring (bicyclic) bond motifs is 1. The van der Waals surface area contributed by atoms with E-state index in [2.05, 4.69) is 9.72 Å². The summed E-state index contributed by atoms with van der Waals surface area (Å²) in [5.74, 6) is -0.443. The predicted octanol–water partition coefficient (Wildman–Crippen LogP) is 2.30. The van der Waals surface area contributed by atoms with Crippen LogP contribution >= 0.6 is 0 Å². The number of aromatic amines is 1. The van der Waals surface area contributed by atoms with Crippen LogP contribution in [0.4, 0.5) is 0 Å². The first-order valence-corrected chi connectivity index (χ1v) is 5.38. The first-order chi connectivity index (χ1) is 8.20. The fraction of sp³-hybridized carbons (Fsp3) is 0.231. The minimum Gasteiger partial charge on any atom is -0.469 e. The van der Waals surface area contributed by atoms with Crippen molar-refractivity contribution >= 4 is 22.7 Å². The van der Waals surface area contributed by atoms with Crippen molar-refractivity contribution in [3.63, 3.8) is 0 Å². The van der Waals surface area contributed by atoms with Gasteiger partial charge in [-0.15, -0.1) is 0 Å². The van der Waals surface area contributed by atoms with Crippen LogP contribution in [0.2, 0.25) is 0 Å². The number of hydrogen-bond donors (Lipinski definition) is 1. The second-order valence-corrected chi connectivity index (χ2v) is 3.77. The Kier molecular flexibility index (Phi) is 3.23. The maximum atomic E-state index is 11.8. The number of benzene rings is 1. The number of carbonyl (C=O) groups excluding carboxylic acids is 2. The molecular weight excluding hydrogens is 218 g/mol. The fourth-order valence-corrected chi connectivity index (χ4v) is 1.68. The maximum absolute atomic E-state index is 11.8. The summed E-state index contributed by atoms with van der Waals surface area (Å²) >= 11 is 0. The van der Waals surface area contributed by atoms with Gasteiger partial charge in [0.2, 0.25) is 0 Å². The lowest BCUT2D eigenvalue weighted by Crippen LogP contribution is -2.06. The van der Waals surface area contributed by atoms with E-state index in [1.165, 1.54) is 7.11 Å². The van der Waals surface area contributed by atoms with Gasteiger partial charge in [-0.05, 0) is 12.1 Å². The van der Waals surface area contributed by atoms with Gasteiger partial charge < -0.3 is 9.72 Å². The molecule has 1 aromatic carbocycles. The van der Waals surface area contributed by atoms with Crippen molar-refractivity contribution in [2.24, 2.45) is 0 Å². The Morgan fingerprint density at radius 1 is 1.24 bits per heavy atom. The van der Waals surface area contributed by atoms with Gasteiger partial charge in [0.25, 0.3) is 0 Å². The minimum absolute atomic E-state index is 0.0772. The number of para-hydroxylation sites is 1. The number of rotatable bonds is 4. The summed E-state index contributed by atoms with van der Waals surface area (Å²) in [6.07, 6.45) is 0.282. The Morgan fingerprint density at radius 3 is 2.71 bits per heavy atom. The van der Waals surface area contributed by atoms with Crippen LogP contribution < -0.4 is 0 Å². The third kappa shape index (κ3) is 2.53. The van der Waals surface area contributed by atoms with E-state index < -0.39 is 0 Å². The summed E-state index contributed by atoms with van der Waals surface area (Å²) in [5, 5.41) is 0.994. The Morgan fingerprint density at radius 2 is 2.00 bits per heavy atom. The Hall–Kier alpha value is -2.10. The molecule has 0 aliphatic rings. The monoisotopic (exact) mass is 231 g/mol. The van der Waals surface area contributed by atoms with Crippen molar-refractivity contribution in [3.8, 4) is 0 Å². The molecule has 17 heavy (non-hydrogen) atoms. The summed E-state index contributed by atoms with van der Waals surface area (Å²) in [6.45, 7) is 0. The lowest BCUT2D eigenvalue weighted by Gasteiger charge is -1.97. The highest BCUT2D eigenvalue weighted by atomic mass is 16.5. The average molecular weight is 231 g/mol. The number of ketones is 1. The average Bonchev–Trinajstić information content (AvgIpc) is 2.79. The standard InChI is InChI=1S/C13H13NO3/c1-17-13(16)7-6-12(15)11-8-9-4-2-3-5-10(9)14-11/h2-5,8,14H,6-7H2,1H3. The summed E-state index contributed by atoms with van der Waals surface area (Å²) in [4.78, 5) is 25.8. The smallest absolute Gasteiger partial charge is 0.305 e. The van der Waals surface area contributed by atoms with Gasteiger partial charge in [0.05, 0.1) is 19.2 Å². The van der Waals surface area contributed by atoms with Crippen molar-refractivity contribution in [2.75, 3.05) is 7.11 Å². The molecule has 1 aromatic heterocycles. The van der Waals surface area contributed by atoms with E-state index in [4.69, 9.17) is 0 Å². The van der Waals surface area contributed by atoms with E-state index in [0.717, 1.165) is 10.9 Å². The molecule has 0 unspecified atom stereocenters. The number of ether oxygens (including phenoxy) is 1. The summed E-state index contributed by atoms with van der Waals surface area (Å²) < 4.78 is 4.49. The fourth-order valence-electron chi connectivity index (χ4n) is 1.68. The third-order valence-corrected chi connectivity index (χ3v) is 2.61. The van der Waals surface area contributed by atoms with E-state index in [-0.39, 0.29) is 24.6 Å². The molecule has 2 rings (SSSR count). The summed E-state index contributed by atoms with van der Waals surface area (Å²) in [6, 6.07) is 9.46. The van der Waals surface area contributed by atoms with Gasteiger partial charge in [-0.2, -0.15) is 0 Å². The van der Waals surface area contributed by atoms with E-state index in [1.807, 2.05) is 24.3 Å². The van der Waals surface area contributed by atoms with Crippen LogP contribution in [0, 0.1) is 0 Å². The molecule has 2 aromatic rings. The molecular formula is C13H13NO3. The number of aromatic nitrogens is 1. The molecule has 0 fully saturated rings. The molecule has 4 heteroatoms. The number of carbonyl (C=O) groups is 2. The normalized spacial score (nSPS) is 10.4. The molecule has 0 bridgehead atoms. The van der Waals surface area contributed by atoms with Crippen molar-refractivity contribution < 1.29 is 14.3 Å². The van der Waals surface area contributed by atoms with Gasteiger partial charge in [-0.1, -0.05) is 18.2 Å². The van der Waals surface area contributed by atoms with Crippen LogP contribution in [0.5, 0.6) is 0 Å². The minimum atomic E-state index is -0.366. The van der Waals surface area contributed by atoms with Crippen molar-refractivity contribution in [1.82, 2.24) is 4.98 Å². The molecule has 88 valence electrons. The van der Waals surface area contributed by atoms with Crippen LogP contribution in [0.3, 0.4) is 0 Å². The molecule has 0 aliphatic heterocycles. The van der Waals surface area contributed by atoms with E-state index in [0.29, 0.717) is 5.69 Å². The number of nitrogens with one attached hydrogen (secondary N) is 1. The predicted molar refractivity (Wildman–Crippen MR) is 63.9 cm³/mol. The SMILES string of the molecule is COC(=O)CCC(=O)c1cc2ccccc2[nH]1. The number of H-pyrrole nitrogens is 1. The highest BCUT2D eigenvalue weighted by Gasteiger charge is 2.11. The van der Waals surface area contributed by atoms with Gasteiger partial charge in [-0.3, -0.25) is 9.59 Å². The van der Waals surface area contributed by atoms with Crippen LogP contribution in [-0.4, -0.2) is 23.8 Å².